The highest BCUT2D eigenvalue weighted by Gasteiger charge is 2.27. The summed E-state index contributed by atoms with van der Waals surface area (Å²) < 4.78 is 1.47. The normalized spacial score (nSPS) is 17.4. The number of aromatic nitrogens is 2. The van der Waals surface area contributed by atoms with Gasteiger partial charge in [-0.1, -0.05) is 6.07 Å². The second-order valence-electron chi connectivity index (χ2n) is 6.72. The van der Waals surface area contributed by atoms with Gasteiger partial charge in [0, 0.05) is 43.3 Å². The van der Waals surface area contributed by atoms with Gasteiger partial charge < -0.3 is 14.4 Å². The lowest BCUT2D eigenvalue weighted by Crippen LogP contribution is -2.35. The lowest BCUT2D eigenvalue weighted by Gasteiger charge is -2.21. The van der Waals surface area contributed by atoms with Crippen LogP contribution in [0.2, 0.25) is 0 Å². The van der Waals surface area contributed by atoms with Gasteiger partial charge in [-0.2, -0.15) is 0 Å². The molecule has 1 aliphatic rings. The second kappa shape index (κ2) is 7.93. The third-order valence-electron chi connectivity index (χ3n) is 4.67. The van der Waals surface area contributed by atoms with E-state index in [0.717, 1.165) is 38.3 Å². The van der Waals surface area contributed by atoms with Crippen LogP contribution in [0.15, 0.2) is 34.7 Å². The Labute approximate surface area is 151 Å². The molecule has 0 aliphatic carbocycles. The molecule has 0 N–H and O–H groups in total. The number of hydrogen-bond acceptors (Lipinski definition) is 5. The van der Waals surface area contributed by atoms with Gasteiger partial charge in [0.2, 0.25) is 5.91 Å². The van der Waals surface area contributed by atoms with Crippen LogP contribution in [-0.2, 0) is 17.9 Å². The Kier molecular flexibility index (Phi) is 5.65. The van der Waals surface area contributed by atoms with E-state index in [1.54, 1.807) is 29.7 Å². The van der Waals surface area contributed by atoms with Crippen molar-refractivity contribution in [2.75, 3.05) is 26.7 Å². The topological polar surface area (TPSA) is 58.4 Å². The SMILES string of the molecule is Cc1ncsc1CN(C)C[C@@H]1CCN(C(=O)Cn2ccccc2=O)C1. The predicted molar refractivity (Wildman–Crippen MR) is 98.6 cm³/mol. The van der Waals surface area contributed by atoms with Crippen molar-refractivity contribution in [3.05, 3.63) is 50.8 Å². The molecule has 1 aliphatic heterocycles. The summed E-state index contributed by atoms with van der Waals surface area (Å²) in [6.45, 7) is 5.58. The number of carbonyl (C=O) groups excluding carboxylic acids is 1. The third kappa shape index (κ3) is 4.55. The summed E-state index contributed by atoms with van der Waals surface area (Å²) in [5, 5.41) is 0. The summed E-state index contributed by atoms with van der Waals surface area (Å²) in [6.07, 6.45) is 2.68. The first kappa shape index (κ1) is 17.8. The van der Waals surface area contributed by atoms with Gasteiger partial charge in [0.25, 0.3) is 5.56 Å². The monoisotopic (exact) mass is 360 g/mol. The van der Waals surface area contributed by atoms with Crippen LogP contribution >= 0.6 is 11.3 Å². The van der Waals surface area contributed by atoms with E-state index in [4.69, 9.17) is 0 Å². The second-order valence-corrected chi connectivity index (χ2v) is 7.66. The van der Waals surface area contributed by atoms with Crippen molar-refractivity contribution >= 4 is 17.2 Å². The molecule has 7 heteroatoms. The molecule has 0 radical (unpaired) electrons. The Balaban J connectivity index is 1.49. The van der Waals surface area contributed by atoms with E-state index in [-0.39, 0.29) is 18.0 Å². The summed E-state index contributed by atoms with van der Waals surface area (Å²) in [4.78, 5) is 34.0. The molecule has 0 unspecified atom stereocenters. The number of nitrogens with zero attached hydrogens (tertiary/aromatic N) is 4. The standard InChI is InChI=1S/C18H24N4O2S/c1-14-16(25-13-19-14)11-20(2)9-15-6-8-22(10-15)18(24)12-21-7-4-3-5-17(21)23/h3-5,7,13,15H,6,8-12H2,1-2H3/t15-/m0/s1. The maximum absolute atomic E-state index is 12.4. The Morgan fingerprint density at radius 3 is 3.00 bits per heavy atom. The average Bonchev–Trinajstić information content (AvgIpc) is 3.19. The van der Waals surface area contributed by atoms with Gasteiger partial charge >= 0.3 is 0 Å². The minimum Gasteiger partial charge on any atom is -0.341 e. The lowest BCUT2D eigenvalue weighted by molar-refractivity contribution is -0.131. The number of rotatable bonds is 6. The van der Waals surface area contributed by atoms with Crippen LogP contribution in [-0.4, -0.2) is 51.9 Å². The first-order chi connectivity index (χ1) is 12.0. The molecule has 0 bridgehead atoms. The molecule has 0 aromatic carbocycles. The predicted octanol–water partition coefficient (Wildman–Crippen LogP) is 1.59. The molecule has 1 fully saturated rings. The Morgan fingerprint density at radius 1 is 1.44 bits per heavy atom. The molecule has 3 heterocycles. The zero-order valence-electron chi connectivity index (χ0n) is 14.7. The molecule has 1 saturated heterocycles. The van der Waals surface area contributed by atoms with Crippen molar-refractivity contribution in [1.82, 2.24) is 19.4 Å². The Bertz CT molecular complexity index is 785. The number of aryl methyl sites for hydroxylation is 1. The first-order valence-corrected chi connectivity index (χ1v) is 9.41. The van der Waals surface area contributed by atoms with E-state index in [0.29, 0.717) is 5.92 Å². The zero-order chi connectivity index (χ0) is 17.8. The van der Waals surface area contributed by atoms with Crippen LogP contribution in [0.25, 0.3) is 0 Å². The van der Waals surface area contributed by atoms with Crippen LogP contribution in [0.3, 0.4) is 0 Å². The average molecular weight is 360 g/mol. The van der Waals surface area contributed by atoms with Crippen molar-refractivity contribution in [2.24, 2.45) is 5.92 Å². The van der Waals surface area contributed by atoms with Gasteiger partial charge in [0.05, 0.1) is 11.2 Å². The molecule has 25 heavy (non-hydrogen) atoms. The van der Waals surface area contributed by atoms with E-state index >= 15 is 0 Å². The number of pyridine rings is 1. The van der Waals surface area contributed by atoms with E-state index in [1.807, 2.05) is 17.3 Å². The molecule has 2 aromatic rings. The van der Waals surface area contributed by atoms with Crippen molar-refractivity contribution in [3.63, 3.8) is 0 Å². The van der Waals surface area contributed by atoms with Gasteiger partial charge in [0.15, 0.2) is 0 Å². The molecule has 0 spiro atoms. The van der Waals surface area contributed by atoms with Gasteiger partial charge in [-0.25, -0.2) is 4.98 Å². The molecule has 2 aromatic heterocycles. The van der Waals surface area contributed by atoms with Crippen molar-refractivity contribution in [1.29, 1.82) is 0 Å². The van der Waals surface area contributed by atoms with Gasteiger partial charge in [0.1, 0.15) is 6.54 Å². The Morgan fingerprint density at radius 2 is 2.28 bits per heavy atom. The maximum atomic E-state index is 12.4. The van der Waals surface area contributed by atoms with Crippen molar-refractivity contribution in [2.45, 2.75) is 26.4 Å². The van der Waals surface area contributed by atoms with E-state index < -0.39 is 0 Å². The molecule has 1 amide bonds. The lowest BCUT2D eigenvalue weighted by atomic mass is 10.1. The smallest absolute Gasteiger partial charge is 0.250 e. The number of likely N-dealkylation sites (tertiary alicyclic amines) is 1. The summed E-state index contributed by atoms with van der Waals surface area (Å²) in [5.41, 5.74) is 2.86. The zero-order valence-corrected chi connectivity index (χ0v) is 15.5. The van der Waals surface area contributed by atoms with Crippen molar-refractivity contribution in [3.8, 4) is 0 Å². The van der Waals surface area contributed by atoms with Crippen LogP contribution < -0.4 is 5.56 Å². The summed E-state index contributed by atoms with van der Waals surface area (Å²) >= 11 is 1.69. The molecule has 134 valence electrons. The fraction of sp³-hybridized carbons (Fsp3) is 0.500. The highest BCUT2D eigenvalue weighted by molar-refractivity contribution is 7.09. The highest BCUT2D eigenvalue weighted by Crippen LogP contribution is 2.20. The third-order valence-corrected chi connectivity index (χ3v) is 5.59. The van der Waals surface area contributed by atoms with Crippen LogP contribution in [0.1, 0.15) is 17.0 Å². The van der Waals surface area contributed by atoms with Crippen LogP contribution in [0.4, 0.5) is 0 Å². The van der Waals surface area contributed by atoms with Gasteiger partial charge in [-0.15, -0.1) is 11.3 Å². The summed E-state index contributed by atoms with van der Waals surface area (Å²) in [7, 11) is 2.12. The molecular formula is C18H24N4O2S. The first-order valence-electron chi connectivity index (χ1n) is 8.53. The fourth-order valence-electron chi connectivity index (χ4n) is 3.27. The molecule has 3 rings (SSSR count). The summed E-state index contributed by atoms with van der Waals surface area (Å²) in [6, 6.07) is 4.95. The molecule has 1 atom stereocenters. The number of thiazole rings is 1. The largest absolute Gasteiger partial charge is 0.341 e. The van der Waals surface area contributed by atoms with Crippen LogP contribution in [0.5, 0.6) is 0 Å². The highest BCUT2D eigenvalue weighted by atomic mass is 32.1. The van der Waals surface area contributed by atoms with Gasteiger partial charge in [-0.05, 0) is 32.4 Å². The van der Waals surface area contributed by atoms with Gasteiger partial charge in [-0.3, -0.25) is 9.59 Å². The molecule has 0 saturated carbocycles. The number of hydrogen-bond donors (Lipinski definition) is 0. The number of carbonyl (C=O) groups is 1. The van der Waals surface area contributed by atoms with Crippen molar-refractivity contribution < 1.29 is 4.79 Å². The minimum absolute atomic E-state index is 0.0248. The van der Waals surface area contributed by atoms with E-state index in [9.17, 15) is 9.59 Å². The Hall–Kier alpha value is -1.99. The minimum atomic E-state index is -0.133. The molecule has 6 nitrogen and oxygen atoms in total. The number of amides is 1. The summed E-state index contributed by atoms with van der Waals surface area (Å²) in [5.74, 6) is 0.506. The quantitative estimate of drug-likeness (QED) is 0.785. The van der Waals surface area contributed by atoms with Crippen LogP contribution in [0, 0.1) is 12.8 Å². The van der Waals surface area contributed by atoms with E-state index in [2.05, 4.69) is 16.9 Å². The fourth-order valence-corrected chi connectivity index (χ4v) is 4.13. The van der Waals surface area contributed by atoms with E-state index in [1.165, 1.54) is 15.5 Å². The molecular weight excluding hydrogens is 336 g/mol. The maximum Gasteiger partial charge on any atom is 0.250 e.